The van der Waals surface area contributed by atoms with E-state index < -0.39 is 5.97 Å². The Kier molecular flexibility index (Phi) is 8.40. The van der Waals surface area contributed by atoms with Gasteiger partial charge in [0.15, 0.2) is 5.75 Å². The van der Waals surface area contributed by atoms with Crippen molar-refractivity contribution in [2.45, 2.75) is 6.92 Å². The van der Waals surface area contributed by atoms with Crippen LogP contribution in [0.5, 0.6) is 5.75 Å². The van der Waals surface area contributed by atoms with Crippen LogP contribution in [-0.2, 0) is 14.3 Å². The van der Waals surface area contributed by atoms with Crippen LogP contribution in [0.4, 0.5) is 5.69 Å². The van der Waals surface area contributed by atoms with E-state index in [1.165, 1.54) is 26.2 Å². The van der Waals surface area contributed by atoms with E-state index in [0.717, 1.165) is 0 Å². The zero-order chi connectivity index (χ0) is 16.7. The topological polar surface area (TPSA) is 114 Å². The monoisotopic (exact) mass is 339 g/mol. The maximum atomic E-state index is 11.7. The van der Waals surface area contributed by atoms with E-state index in [4.69, 9.17) is 10.5 Å². The minimum Gasteiger partial charge on any atom is -0.489 e. The molecule has 0 radical (unpaired) electrons. The molecule has 1 rings (SSSR count). The molecule has 0 unspecified atom stereocenters. The predicted molar refractivity (Wildman–Crippen MR) is 88.3 cm³/mol. The fourth-order valence-corrected chi connectivity index (χ4v) is 1.76. The Balaban J connectivity index is 0.00000484. The summed E-state index contributed by atoms with van der Waals surface area (Å²) in [6, 6.07) is 4.93. The van der Waals surface area contributed by atoms with Gasteiger partial charge in [-0.05, 0) is 12.1 Å². The minimum atomic E-state index is -0.643. The first kappa shape index (κ1) is 20.4. The standard InChI is InChI=1S/C15H17N3O4.ClH/c1-9(15(20)21-3)12-5-4-11(8-17)13(18-10(2)19)14(12)22-7-6-16;/h4-5H,1,6-7,16H2,2-3H3,(H,18,19);1H. The van der Waals surface area contributed by atoms with Crippen molar-refractivity contribution in [2.75, 3.05) is 25.6 Å². The zero-order valence-electron chi connectivity index (χ0n) is 12.8. The molecule has 0 aromatic heterocycles. The van der Waals surface area contributed by atoms with Crippen molar-refractivity contribution in [3.63, 3.8) is 0 Å². The third-order valence-electron chi connectivity index (χ3n) is 2.70. The van der Waals surface area contributed by atoms with Gasteiger partial charge in [0, 0.05) is 19.0 Å². The smallest absolute Gasteiger partial charge is 0.337 e. The molecule has 0 aliphatic heterocycles. The molecule has 7 nitrogen and oxygen atoms in total. The molecule has 8 heteroatoms. The largest absolute Gasteiger partial charge is 0.489 e. The highest BCUT2D eigenvalue weighted by Gasteiger charge is 2.21. The number of carbonyl (C=O) groups is 2. The van der Waals surface area contributed by atoms with E-state index in [9.17, 15) is 14.9 Å². The number of hydrogen-bond acceptors (Lipinski definition) is 6. The molecule has 124 valence electrons. The maximum Gasteiger partial charge on any atom is 0.337 e. The Morgan fingerprint density at radius 2 is 2.09 bits per heavy atom. The quantitative estimate of drug-likeness (QED) is 0.599. The van der Waals surface area contributed by atoms with Crippen LogP contribution in [0, 0.1) is 11.3 Å². The van der Waals surface area contributed by atoms with Crippen LogP contribution in [0.25, 0.3) is 5.57 Å². The first-order valence-corrected chi connectivity index (χ1v) is 6.41. The summed E-state index contributed by atoms with van der Waals surface area (Å²) in [5.74, 6) is -0.860. The normalized spacial score (nSPS) is 9.13. The number of halogens is 1. The van der Waals surface area contributed by atoms with Crippen LogP contribution in [0.2, 0.25) is 0 Å². The van der Waals surface area contributed by atoms with E-state index >= 15 is 0 Å². The summed E-state index contributed by atoms with van der Waals surface area (Å²) in [6.07, 6.45) is 0. The number of nitrogens with two attached hydrogens (primary N) is 1. The Morgan fingerprint density at radius 3 is 2.57 bits per heavy atom. The third-order valence-corrected chi connectivity index (χ3v) is 2.70. The maximum absolute atomic E-state index is 11.7. The van der Waals surface area contributed by atoms with Crippen LogP contribution in [0.3, 0.4) is 0 Å². The zero-order valence-corrected chi connectivity index (χ0v) is 13.7. The number of rotatable bonds is 6. The van der Waals surface area contributed by atoms with Crippen molar-refractivity contribution in [3.8, 4) is 11.8 Å². The number of methoxy groups -OCH3 is 1. The fraction of sp³-hybridized carbons (Fsp3) is 0.267. The van der Waals surface area contributed by atoms with Crippen molar-refractivity contribution in [1.82, 2.24) is 0 Å². The molecular formula is C15H18ClN3O4. The second-order valence-electron chi connectivity index (χ2n) is 4.27. The molecule has 3 N–H and O–H groups in total. The molecule has 0 aliphatic rings. The molecule has 1 aromatic rings. The molecule has 0 saturated heterocycles. The Hall–Kier alpha value is -2.56. The lowest BCUT2D eigenvalue weighted by atomic mass is 10.0. The summed E-state index contributed by atoms with van der Waals surface area (Å²) < 4.78 is 10.1. The van der Waals surface area contributed by atoms with Gasteiger partial charge in [0.25, 0.3) is 0 Å². The average molecular weight is 340 g/mol. The van der Waals surface area contributed by atoms with Crippen LogP contribution < -0.4 is 15.8 Å². The number of nitrogens with zero attached hydrogens (tertiary/aromatic N) is 1. The first-order valence-electron chi connectivity index (χ1n) is 6.41. The highest BCUT2D eigenvalue weighted by molar-refractivity contribution is 6.17. The predicted octanol–water partition coefficient (Wildman–Crippen LogP) is 1.46. The summed E-state index contributed by atoms with van der Waals surface area (Å²) in [7, 11) is 1.23. The summed E-state index contributed by atoms with van der Waals surface area (Å²) in [5, 5.41) is 11.7. The molecule has 0 aliphatic carbocycles. The Labute approximate surface area is 140 Å². The van der Waals surface area contributed by atoms with Gasteiger partial charge in [-0.15, -0.1) is 12.4 Å². The number of esters is 1. The van der Waals surface area contributed by atoms with Crippen LogP contribution >= 0.6 is 12.4 Å². The summed E-state index contributed by atoms with van der Waals surface area (Å²) in [4.78, 5) is 23.0. The molecule has 1 amide bonds. The molecule has 1 aromatic carbocycles. The molecule has 0 atom stereocenters. The lowest BCUT2D eigenvalue weighted by molar-refractivity contribution is -0.133. The van der Waals surface area contributed by atoms with Gasteiger partial charge in [-0.2, -0.15) is 5.26 Å². The number of ether oxygens (including phenoxy) is 2. The van der Waals surface area contributed by atoms with Crippen molar-refractivity contribution >= 4 is 35.5 Å². The SMILES string of the molecule is C=C(C(=O)OC)c1ccc(C#N)c(NC(C)=O)c1OCCN.Cl. The van der Waals surface area contributed by atoms with Gasteiger partial charge in [0.05, 0.1) is 18.2 Å². The van der Waals surface area contributed by atoms with E-state index in [0.29, 0.717) is 5.56 Å². The van der Waals surface area contributed by atoms with Crippen molar-refractivity contribution in [2.24, 2.45) is 5.73 Å². The Bertz CT molecular complexity index is 653. The second-order valence-corrected chi connectivity index (χ2v) is 4.27. The molecule has 0 spiro atoms. The number of hydrogen-bond donors (Lipinski definition) is 2. The van der Waals surface area contributed by atoms with Gasteiger partial charge in [-0.3, -0.25) is 4.79 Å². The summed E-state index contributed by atoms with van der Waals surface area (Å²) in [6.45, 7) is 5.32. The molecule has 0 fully saturated rings. The summed E-state index contributed by atoms with van der Waals surface area (Å²) in [5.41, 5.74) is 6.16. The number of nitrogens with one attached hydrogen (secondary N) is 1. The molecule has 23 heavy (non-hydrogen) atoms. The van der Waals surface area contributed by atoms with Gasteiger partial charge in [-0.25, -0.2) is 4.79 Å². The van der Waals surface area contributed by atoms with E-state index in [1.54, 1.807) is 0 Å². The molecule has 0 bridgehead atoms. The van der Waals surface area contributed by atoms with Gasteiger partial charge in [-0.1, -0.05) is 6.58 Å². The highest BCUT2D eigenvalue weighted by Crippen LogP contribution is 2.36. The van der Waals surface area contributed by atoms with Crippen LogP contribution in [0.1, 0.15) is 18.1 Å². The number of anilines is 1. The lowest BCUT2D eigenvalue weighted by Gasteiger charge is -2.17. The second kappa shape index (κ2) is 9.46. The Morgan fingerprint density at radius 1 is 1.43 bits per heavy atom. The number of nitriles is 1. The number of amides is 1. The van der Waals surface area contributed by atoms with E-state index in [2.05, 4.69) is 16.6 Å². The van der Waals surface area contributed by atoms with Crippen LogP contribution in [0.15, 0.2) is 18.7 Å². The van der Waals surface area contributed by atoms with Crippen molar-refractivity contribution < 1.29 is 19.1 Å². The van der Waals surface area contributed by atoms with E-state index in [-0.39, 0.29) is 54.0 Å². The van der Waals surface area contributed by atoms with E-state index in [1.807, 2.05) is 6.07 Å². The summed E-state index contributed by atoms with van der Waals surface area (Å²) >= 11 is 0. The van der Waals surface area contributed by atoms with Crippen molar-refractivity contribution in [3.05, 3.63) is 29.8 Å². The van der Waals surface area contributed by atoms with Gasteiger partial charge < -0.3 is 20.5 Å². The average Bonchev–Trinajstić information content (AvgIpc) is 2.51. The molecular weight excluding hydrogens is 322 g/mol. The minimum absolute atomic E-state index is 0. The van der Waals surface area contributed by atoms with Crippen LogP contribution in [-0.4, -0.2) is 32.1 Å². The lowest BCUT2D eigenvalue weighted by Crippen LogP contribution is -2.16. The van der Waals surface area contributed by atoms with Gasteiger partial charge in [0.2, 0.25) is 5.91 Å². The van der Waals surface area contributed by atoms with Gasteiger partial charge in [0.1, 0.15) is 18.4 Å². The highest BCUT2D eigenvalue weighted by atomic mass is 35.5. The first-order chi connectivity index (χ1) is 10.5. The molecule has 0 saturated carbocycles. The number of benzene rings is 1. The third kappa shape index (κ3) is 4.98. The number of carbonyl (C=O) groups excluding carboxylic acids is 2. The fourth-order valence-electron chi connectivity index (χ4n) is 1.76. The van der Waals surface area contributed by atoms with Crippen molar-refractivity contribution in [1.29, 1.82) is 5.26 Å². The van der Waals surface area contributed by atoms with Gasteiger partial charge >= 0.3 is 5.97 Å². The molecule has 0 heterocycles.